The molecule has 0 radical (unpaired) electrons. The lowest BCUT2D eigenvalue weighted by Gasteiger charge is -2.39. The summed E-state index contributed by atoms with van der Waals surface area (Å²) >= 11 is 0. The summed E-state index contributed by atoms with van der Waals surface area (Å²) in [6, 6.07) is 0. The van der Waals surface area contributed by atoms with E-state index in [2.05, 4.69) is 6.58 Å². The Balaban J connectivity index is 2.50. The summed E-state index contributed by atoms with van der Waals surface area (Å²) in [6.07, 6.45) is 12.1. The second-order valence-corrected chi connectivity index (χ2v) is 5.59. The fraction of sp³-hybridized carbons (Fsp3) is 0.857. The summed E-state index contributed by atoms with van der Waals surface area (Å²) in [6.45, 7) is 3.37. The van der Waals surface area contributed by atoms with Crippen molar-refractivity contribution < 1.29 is 4.84 Å². The van der Waals surface area contributed by atoms with E-state index in [1.54, 1.807) is 0 Å². The second-order valence-electron chi connectivity index (χ2n) is 5.59. The number of nitrogens with two attached hydrogens (primary N) is 2. The molecular formula is C14H28N3O2-. The van der Waals surface area contributed by atoms with Gasteiger partial charge in [0, 0.05) is 0 Å². The average Bonchev–Trinajstić information content (AvgIpc) is 2.34. The molecule has 0 aromatic carbocycles. The molecule has 0 bridgehead atoms. The van der Waals surface area contributed by atoms with Crippen molar-refractivity contribution in [1.29, 1.82) is 0 Å². The summed E-state index contributed by atoms with van der Waals surface area (Å²) in [5.74, 6) is -0.157. The van der Waals surface area contributed by atoms with Crippen LogP contribution in [0.3, 0.4) is 0 Å². The molecule has 0 aliphatic heterocycles. The maximum Gasteiger partial charge on any atom is 0.143 e. The van der Waals surface area contributed by atoms with Crippen LogP contribution in [0.4, 0.5) is 0 Å². The lowest BCUT2D eigenvalue weighted by atomic mass is 9.96. The van der Waals surface area contributed by atoms with Crippen LogP contribution in [0.1, 0.15) is 70.6 Å². The molecule has 1 fully saturated rings. The van der Waals surface area contributed by atoms with Gasteiger partial charge < -0.3 is 21.9 Å². The van der Waals surface area contributed by atoms with Crippen LogP contribution >= 0.6 is 0 Å². The van der Waals surface area contributed by atoms with Crippen molar-refractivity contribution in [2.45, 2.75) is 76.4 Å². The molecule has 0 saturated heterocycles. The largest absolute Gasteiger partial charge is 0.732 e. The first-order valence-corrected chi connectivity index (χ1v) is 7.43. The van der Waals surface area contributed by atoms with E-state index in [9.17, 15) is 5.21 Å². The topological polar surface area (TPSA) is 87.6 Å². The Morgan fingerprint density at radius 1 is 0.947 bits per heavy atom. The van der Waals surface area contributed by atoms with Crippen molar-refractivity contribution in [2.75, 3.05) is 0 Å². The number of hydroxylamine groups is 2. The third-order valence-corrected chi connectivity index (χ3v) is 3.70. The molecule has 1 aliphatic carbocycles. The van der Waals surface area contributed by atoms with Gasteiger partial charge >= 0.3 is 0 Å². The summed E-state index contributed by atoms with van der Waals surface area (Å²) in [5.41, 5.74) is 10.6. The zero-order chi connectivity index (χ0) is 14.1. The van der Waals surface area contributed by atoms with Gasteiger partial charge in [0.1, 0.15) is 11.5 Å². The van der Waals surface area contributed by atoms with Crippen LogP contribution in [-0.2, 0) is 4.84 Å². The predicted octanol–water partition coefficient (Wildman–Crippen LogP) is 3.11. The van der Waals surface area contributed by atoms with Crippen LogP contribution < -0.4 is 11.5 Å². The van der Waals surface area contributed by atoms with E-state index in [0.717, 1.165) is 25.7 Å². The minimum absolute atomic E-state index is 0.157. The quantitative estimate of drug-likeness (QED) is 0.607. The molecule has 0 aromatic rings. The van der Waals surface area contributed by atoms with Gasteiger partial charge in [-0.2, -0.15) is 0 Å². The van der Waals surface area contributed by atoms with Gasteiger partial charge in [-0.05, 0) is 25.7 Å². The molecule has 5 nitrogen and oxygen atoms in total. The van der Waals surface area contributed by atoms with E-state index in [0.29, 0.717) is 12.8 Å². The summed E-state index contributed by atoms with van der Waals surface area (Å²) in [5, 5.41) is 11.7. The zero-order valence-corrected chi connectivity index (χ0v) is 11.9. The third kappa shape index (κ3) is 6.80. The maximum absolute atomic E-state index is 11.5. The monoisotopic (exact) mass is 270 g/mol. The Labute approximate surface area is 116 Å². The third-order valence-electron chi connectivity index (χ3n) is 3.70. The molecule has 1 aliphatic rings. The molecule has 0 aromatic heterocycles. The first-order valence-electron chi connectivity index (χ1n) is 7.43. The van der Waals surface area contributed by atoms with E-state index >= 15 is 0 Å². The minimum Gasteiger partial charge on any atom is -0.732 e. The van der Waals surface area contributed by atoms with Crippen molar-refractivity contribution in [1.82, 2.24) is 5.23 Å². The van der Waals surface area contributed by atoms with E-state index in [-0.39, 0.29) is 11.0 Å². The van der Waals surface area contributed by atoms with Gasteiger partial charge in [-0.3, -0.25) is 4.84 Å². The molecule has 0 unspecified atom stereocenters. The van der Waals surface area contributed by atoms with Crippen LogP contribution in [-0.4, -0.2) is 11.0 Å². The van der Waals surface area contributed by atoms with E-state index < -0.39 is 5.72 Å². The Kier molecular flexibility index (Phi) is 7.20. The van der Waals surface area contributed by atoms with Crippen LogP contribution in [0.5, 0.6) is 0 Å². The molecule has 4 N–H and O–H groups in total. The lowest BCUT2D eigenvalue weighted by Crippen LogP contribution is -2.47. The standard InChI is InChI=1S/C14H28N3O2/c1-13(15)17(18)19-14(16)11-9-7-5-3-2-4-6-8-10-12-14/h1-12,15-16H2/q-1. The van der Waals surface area contributed by atoms with E-state index in [1.165, 1.54) is 32.1 Å². The normalized spacial score (nSPS) is 22.0. The lowest BCUT2D eigenvalue weighted by molar-refractivity contribution is -0.207. The number of hydrogen-bond acceptors (Lipinski definition) is 5. The number of hydrogen-bond donors (Lipinski definition) is 2. The first kappa shape index (κ1) is 16.3. The molecule has 112 valence electrons. The highest BCUT2D eigenvalue weighted by atomic mass is 16.9. The first-order chi connectivity index (χ1) is 9.03. The Hall–Kier alpha value is -0.780. The highest BCUT2D eigenvalue weighted by Gasteiger charge is 2.26. The molecule has 0 atom stereocenters. The predicted molar refractivity (Wildman–Crippen MR) is 77.3 cm³/mol. The van der Waals surface area contributed by atoms with Crippen molar-refractivity contribution in [2.24, 2.45) is 11.5 Å². The van der Waals surface area contributed by atoms with Crippen molar-refractivity contribution in [3.8, 4) is 0 Å². The summed E-state index contributed by atoms with van der Waals surface area (Å²) in [4.78, 5) is 5.28. The van der Waals surface area contributed by atoms with Gasteiger partial charge in [-0.15, -0.1) is 0 Å². The Morgan fingerprint density at radius 3 is 1.68 bits per heavy atom. The second kappa shape index (κ2) is 8.40. The summed E-state index contributed by atoms with van der Waals surface area (Å²) in [7, 11) is 0. The highest BCUT2D eigenvalue weighted by molar-refractivity contribution is 4.84. The Bertz CT molecular complexity index is 259. The maximum atomic E-state index is 11.5. The molecule has 0 spiro atoms. The summed E-state index contributed by atoms with van der Waals surface area (Å²) < 4.78 is 0. The van der Waals surface area contributed by atoms with Crippen LogP contribution in [0.25, 0.3) is 0 Å². The number of rotatable bonds is 3. The van der Waals surface area contributed by atoms with Gasteiger partial charge in [0.15, 0.2) is 0 Å². The zero-order valence-electron chi connectivity index (χ0n) is 11.9. The van der Waals surface area contributed by atoms with Gasteiger partial charge in [0.05, 0.1) is 0 Å². The molecule has 1 rings (SSSR count). The fourth-order valence-corrected chi connectivity index (χ4v) is 2.53. The minimum atomic E-state index is -0.900. The van der Waals surface area contributed by atoms with Crippen molar-refractivity contribution >= 4 is 0 Å². The number of nitrogens with zero attached hydrogens (tertiary/aromatic N) is 1. The SMILES string of the molecule is C=C(N)N([O-])OC1(N)CCCCCCCCCCC1. The molecule has 5 heteroatoms. The van der Waals surface area contributed by atoms with Gasteiger partial charge in [-0.1, -0.05) is 51.5 Å². The molecule has 19 heavy (non-hydrogen) atoms. The molecule has 1 saturated carbocycles. The fourth-order valence-electron chi connectivity index (χ4n) is 2.53. The Morgan fingerprint density at radius 2 is 1.32 bits per heavy atom. The van der Waals surface area contributed by atoms with Crippen LogP contribution in [0, 0.1) is 5.21 Å². The average molecular weight is 270 g/mol. The van der Waals surface area contributed by atoms with Crippen molar-refractivity contribution in [3.05, 3.63) is 17.6 Å². The van der Waals surface area contributed by atoms with Gasteiger partial charge in [0.25, 0.3) is 0 Å². The van der Waals surface area contributed by atoms with Crippen LogP contribution in [0.15, 0.2) is 12.4 Å². The van der Waals surface area contributed by atoms with Gasteiger partial charge in [0.2, 0.25) is 0 Å². The van der Waals surface area contributed by atoms with Crippen LogP contribution in [0.2, 0.25) is 0 Å². The smallest absolute Gasteiger partial charge is 0.143 e. The highest BCUT2D eigenvalue weighted by Crippen LogP contribution is 2.25. The van der Waals surface area contributed by atoms with E-state index in [1.807, 2.05) is 0 Å². The molecule has 0 heterocycles. The van der Waals surface area contributed by atoms with E-state index in [4.69, 9.17) is 16.3 Å². The van der Waals surface area contributed by atoms with Gasteiger partial charge in [-0.25, -0.2) is 0 Å². The molecule has 0 amide bonds. The van der Waals surface area contributed by atoms with Crippen molar-refractivity contribution in [3.63, 3.8) is 0 Å². The molecular weight excluding hydrogens is 242 g/mol.